The van der Waals surface area contributed by atoms with E-state index in [-0.39, 0.29) is 0 Å². The Bertz CT molecular complexity index is 223. The number of hydrogen-bond acceptors (Lipinski definition) is 1. The molecule has 1 rings (SSSR count). The molecular formula is C9H12ClN. The van der Waals surface area contributed by atoms with Gasteiger partial charge < -0.3 is 5.32 Å². The SMILES string of the molecule is CCc1ccccc1NCCl. The summed E-state index contributed by atoms with van der Waals surface area (Å²) in [7, 11) is 0. The van der Waals surface area contributed by atoms with Gasteiger partial charge in [0.2, 0.25) is 0 Å². The lowest BCUT2D eigenvalue weighted by molar-refractivity contribution is 1.13. The second kappa shape index (κ2) is 4.24. The van der Waals surface area contributed by atoms with Gasteiger partial charge in [0.1, 0.15) is 0 Å². The van der Waals surface area contributed by atoms with E-state index in [0.717, 1.165) is 12.1 Å². The molecule has 0 saturated heterocycles. The fraction of sp³-hybridized carbons (Fsp3) is 0.333. The minimum absolute atomic E-state index is 0.469. The van der Waals surface area contributed by atoms with E-state index in [1.807, 2.05) is 18.2 Å². The second-order valence-electron chi connectivity index (χ2n) is 2.32. The van der Waals surface area contributed by atoms with Crippen molar-refractivity contribution < 1.29 is 0 Å². The average molecular weight is 170 g/mol. The van der Waals surface area contributed by atoms with Gasteiger partial charge in [-0.25, -0.2) is 0 Å². The number of halogens is 1. The second-order valence-corrected chi connectivity index (χ2v) is 2.59. The van der Waals surface area contributed by atoms with Crippen molar-refractivity contribution in [3.05, 3.63) is 29.8 Å². The summed E-state index contributed by atoms with van der Waals surface area (Å²) in [5.41, 5.74) is 2.46. The van der Waals surface area contributed by atoms with Crippen molar-refractivity contribution in [2.75, 3.05) is 11.3 Å². The maximum absolute atomic E-state index is 5.55. The lowest BCUT2D eigenvalue weighted by Crippen LogP contribution is -1.97. The Labute approximate surface area is 72.4 Å². The van der Waals surface area contributed by atoms with E-state index in [9.17, 15) is 0 Å². The molecule has 11 heavy (non-hydrogen) atoms. The van der Waals surface area contributed by atoms with Gasteiger partial charge in [-0.2, -0.15) is 0 Å². The van der Waals surface area contributed by atoms with Crippen LogP contribution in [0, 0.1) is 0 Å². The Kier molecular flexibility index (Phi) is 3.24. The first kappa shape index (κ1) is 8.41. The topological polar surface area (TPSA) is 12.0 Å². The first-order valence-corrected chi connectivity index (χ1v) is 4.29. The number of nitrogens with one attached hydrogen (secondary N) is 1. The fourth-order valence-corrected chi connectivity index (χ4v) is 1.22. The zero-order chi connectivity index (χ0) is 8.10. The van der Waals surface area contributed by atoms with Crippen LogP contribution < -0.4 is 5.32 Å². The molecule has 0 unspecified atom stereocenters. The average Bonchev–Trinajstić information content (AvgIpc) is 2.06. The van der Waals surface area contributed by atoms with Gasteiger partial charge in [0, 0.05) is 5.69 Å². The fourth-order valence-electron chi connectivity index (χ4n) is 1.07. The highest BCUT2D eigenvalue weighted by molar-refractivity contribution is 6.18. The predicted molar refractivity (Wildman–Crippen MR) is 50.2 cm³/mol. The molecule has 1 N–H and O–H groups in total. The molecule has 0 amide bonds. The molecule has 0 aromatic heterocycles. The number of alkyl halides is 1. The smallest absolute Gasteiger partial charge is 0.0901 e. The lowest BCUT2D eigenvalue weighted by Gasteiger charge is -2.06. The molecule has 0 aliphatic carbocycles. The molecular weight excluding hydrogens is 158 g/mol. The Balaban J connectivity index is 2.83. The molecule has 0 heterocycles. The largest absolute Gasteiger partial charge is 0.371 e. The molecule has 60 valence electrons. The van der Waals surface area contributed by atoms with Gasteiger partial charge in [-0.15, -0.1) is 11.6 Å². The Morgan fingerprint density at radius 1 is 1.36 bits per heavy atom. The van der Waals surface area contributed by atoms with Crippen LogP contribution in [0.1, 0.15) is 12.5 Å². The first-order valence-electron chi connectivity index (χ1n) is 3.76. The van der Waals surface area contributed by atoms with Crippen LogP contribution in [0.2, 0.25) is 0 Å². The summed E-state index contributed by atoms with van der Waals surface area (Å²) >= 11 is 5.55. The van der Waals surface area contributed by atoms with Crippen LogP contribution >= 0.6 is 11.6 Å². The number of anilines is 1. The Morgan fingerprint density at radius 2 is 2.09 bits per heavy atom. The highest BCUT2D eigenvalue weighted by Crippen LogP contribution is 2.14. The monoisotopic (exact) mass is 169 g/mol. The normalized spacial score (nSPS) is 9.64. The van der Waals surface area contributed by atoms with Gasteiger partial charge in [0.25, 0.3) is 0 Å². The van der Waals surface area contributed by atoms with Crippen molar-refractivity contribution in [1.29, 1.82) is 0 Å². The van der Waals surface area contributed by atoms with E-state index in [1.165, 1.54) is 5.56 Å². The summed E-state index contributed by atoms with van der Waals surface area (Å²) in [5, 5.41) is 3.09. The molecule has 0 fully saturated rings. The van der Waals surface area contributed by atoms with Gasteiger partial charge in [-0.05, 0) is 18.1 Å². The minimum Gasteiger partial charge on any atom is -0.371 e. The highest BCUT2D eigenvalue weighted by atomic mass is 35.5. The zero-order valence-corrected chi connectivity index (χ0v) is 7.36. The zero-order valence-electron chi connectivity index (χ0n) is 6.60. The van der Waals surface area contributed by atoms with Gasteiger partial charge in [0.15, 0.2) is 0 Å². The standard InChI is InChI=1S/C9H12ClN/c1-2-8-5-3-4-6-9(8)11-7-10/h3-6,11H,2,7H2,1H3. The van der Waals surface area contributed by atoms with Crippen molar-refractivity contribution in [2.45, 2.75) is 13.3 Å². The molecule has 2 heteroatoms. The third-order valence-corrected chi connectivity index (χ3v) is 1.79. The third kappa shape index (κ3) is 2.12. The molecule has 0 spiro atoms. The summed E-state index contributed by atoms with van der Waals surface area (Å²) in [4.78, 5) is 0. The van der Waals surface area contributed by atoms with Crippen molar-refractivity contribution in [3.8, 4) is 0 Å². The van der Waals surface area contributed by atoms with E-state index in [2.05, 4.69) is 18.3 Å². The third-order valence-electron chi connectivity index (χ3n) is 1.66. The van der Waals surface area contributed by atoms with E-state index in [1.54, 1.807) is 0 Å². The van der Waals surface area contributed by atoms with Gasteiger partial charge in [-0.1, -0.05) is 25.1 Å². The van der Waals surface area contributed by atoms with Gasteiger partial charge in [-0.3, -0.25) is 0 Å². The van der Waals surface area contributed by atoms with Crippen molar-refractivity contribution in [2.24, 2.45) is 0 Å². The van der Waals surface area contributed by atoms with E-state index < -0.39 is 0 Å². The van der Waals surface area contributed by atoms with Crippen LogP contribution in [0.25, 0.3) is 0 Å². The Hall–Kier alpha value is -0.690. The van der Waals surface area contributed by atoms with Crippen LogP contribution in [0.15, 0.2) is 24.3 Å². The maximum atomic E-state index is 5.55. The van der Waals surface area contributed by atoms with Crippen LogP contribution in [0.5, 0.6) is 0 Å². The molecule has 0 aliphatic heterocycles. The van der Waals surface area contributed by atoms with Crippen molar-refractivity contribution in [3.63, 3.8) is 0 Å². The van der Waals surface area contributed by atoms with Crippen LogP contribution in [0.3, 0.4) is 0 Å². The first-order chi connectivity index (χ1) is 5.38. The van der Waals surface area contributed by atoms with E-state index >= 15 is 0 Å². The molecule has 0 aliphatic rings. The summed E-state index contributed by atoms with van der Waals surface area (Å²) in [6.45, 7) is 2.13. The van der Waals surface area contributed by atoms with Gasteiger partial charge in [0.05, 0.1) is 6.00 Å². The highest BCUT2D eigenvalue weighted by Gasteiger charge is 1.95. The summed E-state index contributed by atoms with van der Waals surface area (Å²) < 4.78 is 0. The summed E-state index contributed by atoms with van der Waals surface area (Å²) in [5.74, 6) is 0. The van der Waals surface area contributed by atoms with E-state index in [4.69, 9.17) is 11.6 Å². The molecule has 0 atom stereocenters. The maximum Gasteiger partial charge on any atom is 0.0901 e. The predicted octanol–water partition coefficient (Wildman–Crippen LogP) is 2.86. The van der Waals surface area contributed by atoms with Crippen LogP contribution in [0.4, 0.5) is 5.69 Å². The quantitative estimate of drug-likeness (QED) is 0.542. The number of aryl methyl sites for hydroxylation is 1. The lowest BCUT2D eigenvalue weighted by atomic mass is 10.1. The molecule has 1 nitrogen and oxygen atoms in total. The van der Waals surface area contributed by atoms with Crippen LogP contribution in [-0.4, -0.2) is 6.00 Å². The Morgan fingerprint density at radius 3 is 2.73 bits per heavy atom. The molecule has 1 aromatic rings. The molecule has 0 saturated carbocycles. The molecule has 0 radical (unpaired) electrons. The number of para-hydroxylation sites is 1. The summed E-state index contributed by atoms with van der Waals surface area (Å²) in [6.07, 6.45) is 1.04. The van der Waals surface area contributed by atoms with Crippen molar-refractivity contribution in [1.82, 2.24) is 0 Å². The summed E-state index contributed by atoms with van der Waals surface area (Å²) in [6, 6.07) is 8.67. The number of benzene rings is 1. The number of hydrogen-bond donors (Lipinski definition) is 1. The minimum atomic E-state index is 0.469. The number of rotatable bonds is 3. The van der Waals surface area contributed by atoms with Crippen LogP contribution in [-0.2, 0) is 6.42 Å². The molecule has 0 bridgehead atoms. The molecule has 1 aromatic carbocycles. The van der Waals surface area contributed by atoms with Crippen molar-refractivity contribution >= 4 is 17.3 Å². The van der Waals surface area contributed by atoms with E-state index in [0.29, 0.717) is 6.00 Å². The van der Waals surface area contributed by atoms with Gasteiger partial charge >= 0.3 is 0 Å².